The number of nitriles is 2. The Kier molecular flexibility index (Phi) is 7.21. The lowest BCUT2D eigenvalue weighted by Gasteiger charge is -2.37. The van der Waals surface area contributed by atoms with Crippen LogP contribution in [-0.2, 0) is 36.4 Å². The molecule has 0 aromatic heterocycles. The lowest BCUT2D eigenvalue weighted by Crippen LogP contribution is -2.62. The van der Waals surface area contributed by atoms with E-state index in [4.69, 9.17) is 11.5 Å². The molecule has 2 atom stereocenters. The topological polar surface area (TPSA) is 254 Å². The van der Waals surface area contributed by atoms with Crippen LogP contribution in [0.25, 0.3) is 0 Å². The van der Waals surface area contributed by atoms with Gasteiger partial charge in [-0.3, -0.25) is 29.8 Å². The molecule has 0 saturated carbocycles. The number of nitrogens with zero attached hydrogens (tertiary/aromatic N) is 4. The molecule has 0 heterocycles. The number of nitro benzene ring substituents is 2. The molecule has 0 bridgehead atoms. The summed E-state index contributed by atoms with van der Waals surface area (Å²) in [5.41, 5.74) is -3.61. The largest absolute Gasteiger partial charge is 0.416 e. The second-order valence-corrected chi connectivity index (χ2v) is 9.66. The summed E-state index contributed by atoms with van der Waals surface area (Å²) in [7, 11) is -4.15. The lowest BCUT2D eigenvalue weighted by atomic mass is 9.56. The number of carbonyl (C=O) groups excluding carboxylic acids is 2. The second kappa shape index (κ2) is 9.41. The Labute approximate surface area is 210 Å². The average molecular weight is 554 g/mol. The van der Waals surface area contributed by atoms with E-state index in [0.717, 1.165) is 6.07 Å². The normalized spacial score (nSPS) is 14.7. The Morgan fingerprint density at radius 1 is 0.868 bits per heavy atom. The van der Waals surface area contributed by atoms with Crippen molar-refractivity contribution in [2.45, 2.75) is 21.9 Å². The van der Waals surface area contributed by atoms with Gasteiger partial charge in [0, 0.05) is 18.4 Å². The predicted molar refractivity (Wildman–Crippen MR) is 117 cm³/mol. The summed E-state index contributed by atoms with van der Waals surface area (Å²) in [6.07, 6.45) is -4.52. The van der Waals surface area contributed by atoms with Crippen molar-refractivity contribution in [2.24, 2.45) is 11.5 Å². The third-order valence-corrected chi connectivity index (χ3v) is 6.67. The van der Waals surface area contributed by atoms with Gasteiger partial charge in [-0.05, 0) is 24.3 Å². The van der Waals surface area contributed by atoms with Gasteiger partial charge < -0.3 is 11.5 Å². The molecule has 2 aromatic carbocycles. The third-order valence-electron chi connectivity index (χ3n) is 5.56. The summed E-state index contributed by atoms with van der Waals surface area (Å²) >= 11 is 0. The summed E-state index contributed by atoms with van der Waals surface area (Å²) in [5, 5.41) is 43.8. The zero-order chi connectivity index (χ0) is 29.4. The summed E-state index contributed by atoms with van der Waals surface area (Å²) in [6, 6.07) is 4.14. The monoisotopic (exact) mass is 554 g/mol. The van der Waals surface area contributed by atoms with Gasteiger partial charge in [-0.2, -0.15) is 23.7 Å². The number of nitrogens with two attached hydrogens (primary N) is 2. The van der Waals surface area contributed by atoms with Crippen LogP contribution in [0.5, 0.6) is 0 Å². The van der Waals surface area contributed by atoms with Crippen molar-refractivity contribution in [1.82, 2.24) is 0 Å². The van der Waals surface area contributed by atoms with Crippen LogP contribution >= 0.6 is 0 Å². The molecule has 0 fully saturated rings. The van der Waals surface area contributed by atoms with Gasteiger partial charge in [-0.15, -0.1) is 0 Å². The quantitative estimate of drug-likeness (QED) is 0.347. The fourth-order valence-corrected chi connectivity index (χ4v) is 4.46. The van der Waals surface area contributed by atoms with Crippen LogP contribution in [0.2, 0.25) is 0 Å². The highest BCUT2D eigenvalue weighted by molar-refractivity contribution is 7.90. The number of benzene rings is 2. The van der Waals surface area contributed by atoms with Crippen molar-refractivity contribution in [3.63, 3.8) is 0 Å². The number of carbonyl (C=O) groups is 2. The number of alkyl halides is 3. The molecular formula is C20H13F3N6O8S. The number of primary amides is 2. The molecule has 0 aliphatic carbocycles. The molecule has 0 aliphatic rings. The van der Waals surface area contributed by atoms with Crippen LogP contribution in [0.4, 0.5) is 24.5 Å². The van der Waals surface area contributed by atoms with Crippen LogP contribution < -0.4 is 11.5 Å². The lowest BCUT2D eigenvalue weighted by molar-refractivity contribution is -0.386. The number of sulfone groups is 1. The van der Waals surface area contributed by atoms with Gasteiger partial charge in [0.15, 0.2) is 20.7 Å². The molecule has 0 aliphatic heterocycles. The summed E-state index contributed by atoms with van der Waals surface area (Å²) in [4.78, 5) is 45.8. The van der Waals surface area contributed by atoms with Gasteiger partial charge in [0.05, 0.1) is 43.6 Å². The Balaban J connectivity index is 3.28. The highest BCUT2D eigenvalue weighted by Crippen LogP contribution is 2.50. The fraction of sp³-hybridized carbons (Fsp3) is 0.200. The van der Waals surface area contributed by atoms with E-state index < -0.39 is 81.5 Å². The van der Waals surface area contributed by atoms with Crippen LogP contribution in [0, 0.1) is 42.9 Å². The van der Waals surface area contributed by atoms with E-state index in [1.165, 1.54) is 6.07 Å². The minimum Gasteiger partial charge on any atom is -0.368 e. The average Bonchev–Trinajstić information content (AvgIpc) is 2.80. The number of rotatable bonds is 8. The van der Waals surface area contributed by atoms with Gasteiger partial charge in [-0.1, -0.05) is 0 Å². The van der Waals surface area contributed by atoms with Crippen molar-refractivity contribution in [3.8, 4) is 12.1 Å². The molecule has 2 rings (SSSR count). The van der Waals surface area contributed by atoms with E-state index >= 15 is 0 Å². The minimum absolute atomic E-state index is 0.103. The number of hydrogen-bond donors (Lipinski definition) is 2. The van der Waals surface area contributed by atoms with Gasteiger partial charge >= 0.3 is 6.18 Å². The standard InChI is InChI=1S/C20H13F3N6O8S/c1-38(36,37)11-3-5-13(15(7-11)29(34)35)19(9-25,17(27)31)18(8-24,16(26)30)12-4-2-10(20(21,22)23)6-14(12)28(32)33/h2-7H,1H3,(H2,26,30)(H2,27,31). The fourth-order valence-electron chi connectivity index (χ4n) is 3.82. The number of halogens is 3. The molecule has 18 heteroatoms. The number of amides is 2. The van der Waals surface area contributed by atoms with Gasteiger partial charge in [0.25, 0.3) is 11.4 Å². The van der Waals surface area contributed by atoms with Crippen LogP contribution in [0.1, 0.15) is 16.7 Å². The van der Waals surface area contributed by atoms with Gasteiger partial charge in [-0.25, -0.2) is 8.42 Å². The minimum atomic E-state index is -5.17. The molecule has 198 valence electrons. The van der Waals surface area contributed by atoms with Crippen molar-refractivity contribution in [1.29, 1.82) is 10.5 Å². The Bertz CT molecular complexity index is 1600. The summed E-state index contributed by atoms with van der Waals surface area (Å²) < 4.78 is 63.5. The first-order valence-electron chi connectivity index (χ1n) is 9.60. The molecular weight excluding hydrogens is 541 g/mol. The zero-order valence-corrected chi connectivity index (χ0v) is 19.5. The highest BCUT2D eigenvalue weighted by atomic mass is 32.2. The molecule has 14 nitrogen and oxygen atoms in total. The SMILES string of the molecule is CS(=O)(=O)c1ccc(C(C#N)(C(N)=O)C(C#N)(C(N)=O)c2ccc(C(F)(F)F)cc2[N+](=O)[O-])c([N+](=O)[O-])c1. The molecule has 38 heavy (non-hydrogen) atoms. The van der Waals surface area contributed by atoms with Crippen molar-refractivity contribution in [2.75, 3.05) is 6.26 Å². The maximum Gasteiger partial charge on any atom is 0.416 e. The van der Waals surface area contributed by atoms with E-state index in [-0.39, 0.29) is 18.2 Å². The first-order chi connectivity index (χ1) is 17.3. The summed E-state index contributed by atoms with van der Waals surface area (Å²) in [5.74, 6) is -4.02. The van der Waals surface area contributed by atoms with Crippen molar-refractivity contribution in [3.05, 3.63) is 73.3 Å². The molecule has 0 saturated heterocycles. The van der Waals surface area contributed by atoms with E-state index in [9.17, 15) is 61.9 Å². The van der Waals surface area contributed by atoms with Crippen molar-refractivity contribution >= 4 is 33.0 Å². The number of hydrogen-bond acceptors (Lipinski definition) is 10. The van der Waals surface area contributed by atoms with E-state index in [1.54, 1.807) is 0 Å². The first kappa shape index (κ1) is 29.1. The Morgan fingerprint density at radius 3 is 1.58 bits per heavy atom. The van der Waals surface area contributed by atoms with E-state index in [0.29, 0.717) is 24.5 Å². The van der Waals surface area contributed by atoms with E-state index in [2.05, 4.69) is 0 Å². The molecule has 2 amide bonds. The van der Waals surface area contributed by atoms with Crippen LogP contribution in [0.3, 0.4) is 0 Å². The highest BCUT2D eigenvalue weighted by Gasteiger charge is 2.67. The molecule has 2 unspecified atom stereocenters. The summed E-state index contributed by atoms with van der Waals surface area (Å²) in [6.45, 7) is 0. The molecule has 0 spiro atoms. The van der Waals surface area contributed by atoms with Crippen molar-refractivity contribution < 1.29 is 41.0 Å². The van der Waals surface area contributed by atoms with Gasteiger partial charge in [0.2, 0.25) is 11.8 Å². The van der Waals surface area contributed by atoms with E-state index in [1.807, 2.05) is 0 Å². The molecule has 4 N–H and O–H groups in total. The number of nitro groups is 2. The predicted octanol–water partition coefficient (Wildman–Crippen LogP) is 1.12. The van der Waals surface area contributed by atoms with Gasteiger partial charge in [0.1, 0.15) is 0 Å². The van der Waals surface area contributed by atoms with Crippen LogP contribution in [-0.4, -0.2) is 36.3 Å². The second-order valence-electron chi connectivity index (χ2n) is 7.65. The Morgan fingerprint density at radius 2 is 1.26 bits per heavy atom. The smallest absolute Gasteiger partial charge is 0.368 e. The zero-order valence-electron chi connectivity index (χ0n) is 18.7. The van der Waals surface area contributed by atoms with Crippen LogP contribution in [0.15, 0.2) is 41.3 Å². The first-order valence-corrected chi connectivity index (χ1v) is 11.5. The third kappa shape index (κ3) is 4.33. The molecule has 0 radical (unpaired) electrons. The Hall–Kier alpha value is -5.10. The maximum atomic E-state index is 13.2. The maximum absolute atomic E-state index is 13.2. The molecule has 2 aromatic rings.